The van der Waals surface area contributed by atoms with Crippen LogP contribution in [0.2, 0.25) is 0 Å². The maximum Gasteiger partial charge on any atom is 0.101 e. The number of hydrogen-bond acceptors (Lipinski definition) is 2. The van der Waals surface area contributed by atoms with E-state index in [-0.39, 0.29) is 12.5 Å². The summed E-state index contributed by atoms with van der Waals surface area (Å²) in [6.07, 6.45) is 0. The summed E-state index contributed by atoms with van der Waals surface area (Å²) in [4.78, 5) is 0. The van der Waals surface area contributed by atoms with Gasteiger partial charge in [0.05, 0.1) is 5.56 Å². The molecule has 0 aliphatic heterocycles. The smallest absolute Gasteiger partial charge is 0.101 e. The summed E-state index contributed by atoms with van der Waals surface area (Å²) in [7, 11) is 0. The lowest BCUT2D eigenvalue weighted by Crippen LogP contribution is -2.02. The molecule has 0 aromatic heterocycles. The summed E-state index contributed by atoms with van der Waals surface area (Å²) in [5.41, 5.74) is 1.33. The highest BCUT2D eigenvalue weighted by atomic mass is 79.9. The first kappa shape index (κ1) is 10.2. The van der Waals surface area contributed by atoms with Gasteiger partial charge in [-0.05, 0) is 34.5 Å². The van der Waals surface area contributed by atoms with Crippen molar-refractivity contribution in [3.8, 4) is 6.07 Å². The van der Waals surface area contributed by atoms with Crippen molar-refractivity contribution in [2.75, 3.05) is 6.61 Å². The third-order valence-electron chi connectivity index (χ3n) is 1.82. The van der Waals surface area contributed by atoms with Gasteiger partial charge in [0.1, 0.15) is 6.07 Å². The molecule has 0 saturated heterocycles. The van der Waals surface area contributed by atoms with Gasteiger partial charge in [0.15, 0.2) is 0 Å². The quantitative estimate of drug-likeness (QED) is 0.859. The summed E-state index contributed by atoms with van der Waals surface area (Å²) >= 11 is 3.27. The topological polar surface area (TPSA) is 44.0 Å². The molecular formula is C10H9BrNO. The van der Waals surface area contributed by atoms with E-state index in [4.69, 9.17) is 10.4 Å². The molecule has 1 aromatic carbocycles. The van der Waals surface area contributed by atoms with Crippen molar-refractivity contribution in [1.82, 2.24) is 0 Å². The third-order valence-corrected chi connectivity index (χ3v) is 2.48. The Labute approximate surface area is 85.9 Å². The standard InChI is InChI=1S/C10H9BrNO/c1-7(6-13)8-3-2-4-10(11)9(8)5-12/h2-4,7,13H,1,6H2. The molecule has 1 atom stereocenters. The van der Waals surface area contributed by atoms with Gasteiger partial charge >= 0.3 is 0 Å². The molecule has 67 valence electrons. The number of benzene rings is 1. The minimum absolute atomic E-state index is 0.0505. The van der Waals surface area contributed by atoms with Crippen LogP contribution in [0.25, 0.3) is 0 Å². The highest BCUT2D eigenvalue weighted by Crippen LogP contribution is 2.25. The first-order valence-electron chi connectivity index (χ1n) is 3.83. The average Bonchev–Trinajstić information content (AvgIpc) is 2.16. The number of halogens is 1. The van der Waals surface area contributed by atoms with Gasteiger partial charge in [0.2, 0.25) is 0 Å². The Morgan fingerprint density at radius 1 is 1.62 bits per heavy atom. The molecule has 13 heavy (non-hydrogen) atoms. The summed E-state index contributed by atoms with van der Waals surface area (Å²) in [6.45, 7) is 3.70. The van der Waals surface area contributed by atoms with Crippen LogP contribution in [-0.4, -0.2) is 11.7 Å². The van der Waals surface area contributed by atoms with Gasteiger partial charge in [-0.2, -0.15) is 5.26 Å². The highest BCUT2D eigenvalue weighted by Gasteiger charge is 2.11. The van der Waals surface area contributed by atoms with Crippen LogP contribution >= 0.6 is 15.9 Å². The minimum Gasteiger partial charge on any atom is -0.396 e. The van der Waals surface area contributed by atoms with Crippen molar-refractivity contribution in [3.63, 3.8) is 0 Å². The van der Waals surface area contributed by atoms with Crippen molar-refractivity contribution in [2.24, 2.45) is 0 Å². The van der Waals surface area contributed by atoms with Crippen molar-refractivity contribution in [1.29, 1.82) is 5.26 Å². The van der Waals surface area contributed by atoms with Crippen molar-refractivity contribution in [2.45, 2.75) is 5.92 Å². The fourth-order valence-electron chi connectivity index (χ4n) is 1.10. The maximum absolute atomic E-state index is 8.91. The Hall–Kier alpha value is -0.850. The van der Waals surface area contributed by atoms with Gasteiger partial charge in [0.25, 0.3) is 0 Å². The van der Waals surface area contributed by atoms with Gasteiger partial charge in [-0.3, -0.25) is 0 Å². The second-order valence-electron chi connectivity index (χ2n) is 2.70. The lowest BCUT2D eigenvalue weighted by Gasteiger charge is -2.10. The number of nitrogens with zero attached hydrogens (tertiary/aromatic N) is 1. The van der Waals surface area contributed by atoms with E-state index in [1.807, 2.05) is 6.07 Å². The number of aliphatic hydroxyl groups is 1. The molecule has 0 saturated carbocycles. The normalized spacial score (nSPS) is 12.2. The van der Waals surface area contributed by atoms with Gasteiger partial charge in [-0.25, -0.2) is 0 Å². The van der Waals surface area contributed by atoms with Gasteiger partial charge in [-0.1, -0.05) is 12.1 Å². The molecule has 0 fully saturated rings. The molecule has 1 N–H and O–H groups in total. The molecule has 3 heteroatoms. The Morgan fingerprint density at radius 2 is 2.31 bits per heavy atom. The van der Waals surface area contributed by atoms with Crippen LogP contribution in [0.3, 0.4) is 0 Å². The molecule has 0 bridgehead atoms. The fraction of sp³-hybridized carbons (Fsp3) is 0.200. The van der Waals surface area contributed by atoms with E-state index in [9.17, 15) is 0 Å². The predicted molar refractivity (Wildman–Crippen MR) is 54.0 cm³/mol. The molecule has 0 aliphatic carbocycles. The van der Waals surface area contributed by atoms with Crippen LogP contribution in [0.1, 0.15) is 17.0 Å². The summed E-state index contributed by atoms with van der Waals surface area (Å²) in [5.74, 6) is -0.243. The highest BCUT2D eigenvalue weighted by molar-refractivity contribution is 9.10. The molecular weight excluding hydrogens is 230 g/mol. The van der Waals surface area contributed by atoms with E-state index in [0.717, 1.165) is 10.0 Å². The molecule has 1 radical (unpaired) electrons. The first-order chi connectivity index (χ1) is 6.20. The predicted octanol–water partition coefficient (Wildman–Crippen LogP) is 2.23. The van der Waals surface area contributed by atoms with Gasteiger partial charge in [0, 0.05) is 17.0 Å². The summed E-state index contributed by atoms with van der Waals surface area (Å²) in [6, 6.07) is 7.51. The minimum atomic E-state index is -0.243. The third kappa shape index (κ3) is 2.09. The summed E-state index contributed by atoms with van der Waals surface area (Å²) < 4.78 is 0.745. The van der Waals surface area contributed by atoms with Crippen LogP contribution in [0.15, 0.2) is 22.7 Å². The van der Waals surface area contributed by atoms with E-state index in [0.29, 0.717) is 5.56 Å². The monoisotopic (exact) mass is 238 g/mol. The molecule has 1 unspecified atom stereocenters. The van der Waals surface area contributed by atoms with Gasteiger partial charge < -0.3 is 5.11 Å². The number of nitriles is 1. The van der Waals surface area contributed by atoms with Crippen LogP contribution < -0.4 is 0 Å². The fourth-order valence-corrected chi connectivity index (χ4v) is 1.57. The second kappa shape index (κ2) is 4.40. The summed E-state index contributed by atoms with van der Waals surface area (Å²) in [5, 5.41) is 17.8. The zero-order valence-corrected chi connectivity index (χ0v) is 8.58. The number of aliphatic hydroxyl groups excluding tert-OH is 1. The largest absolute Gasteiger partial charge is 0.396 e. The molecule has 1 aromatic rings. The molecule has 0 amide bonds. The molecule has 0 spiro atoms. The first-order valence-corrected chi connectivity index (χ1v) is 4.62. The zero-order chi connectivity index (χ0) is 9.84. The van der Waals surface area contributed by atoms with Crippen LogP contribution in [-0.2, 0) is 0 Å². The Balaban J connectivity index is 3.22. The maximum atomic E-state index is 8.91. The van der Waals surface area contributed by atoms with E-state index >= 15 is 0 Å². The Morgan fingerprint density at radius 3 is 2.85 bits per heavy atom. The Bertz CT molecular complexity index is 343. The Kier molecular flexibility index (Phi) is 3.47. The molecule has 1 rings (SSSR count). The van der Waals surface area contributed by atoms with Crippen molar-refractivity contribution >= 4 is 15.9 Å². The van der Waals surface area contributed by atoms with Crippen molar-refractivity contribution < 1.29 is 5.11 Å². The van der Waals surface area contributed by atoms with Crippen LogP contribution in [0, 0.1) is 18.3 Å². The molecule has 2 nitrogen and oxygen atoms in total. The molecule has 0 heterocycles. The van der Waals surface area contributed by atoms with E-state index in [1.165, 1.54) is 0 Å². The van der Waals surface area contributed by atoms with Crippen molar-refractivity contribution in [3.05, 3.63) is 40.7 Å². The average molecular weight is 239 g/mol. The lowest BCUT2D eigenvalue weighted by atomic mass is 9.97. The lowest BCUT2D eigenvalue weighted by molar-refractivity contribution is 0.282. The zero-order valence-electron chi connectivity index (χ0n) is 7.00. The molecule has 0 aliphatic rings. The number of hydrogen-bond donors (Lipinski definition) is 1. The SMILES string of the molecule is [CH2]C(CO)c1cccc(Br)c1C#N. The van der Waals surface area contributed by atoms with Gasteiger partial charge in [-0.15, -0.1) is 0 Å². The van der Waals surface area contributed by atoms with E-state index in [2.05, 4.69) is 28.9 Å². The van der Waals surface area contributed by atoms with Crippen LogP contribution in [0.5, 0.6) is 0 Å². The number of rotatable bonds is 2. The van der Waals surface area contributed by atoms with E-state index < -0.39 is 0 Å². The van der Waals surface area contributed by atoms with Crippen LogP contribution in [0.4, 0.5) is 0 Å². The second-order valence-corrected chi connectivity index (χ2v) is 3.55. The van der Waals surface area contributed by atoms with E-state index in [1.54, 1.807) is 12.1 Å².